The van der Waals surface area contributed by atoms with E-state index in [2.05, 4.69) is 24.4 Å². The fraction of sp³-hybridized carbons (Fsp3) is 0.300. The lowest BCUT2D eigenvalue weighted by molar-refractivity contribution is -0.121. The normalized spacial score (nSPS) is 9.00. The van der Waals surface area contributed by atoms with E-state index >= 15 is 0 Å². The topological polar surface area (TPSA) is 32.3 Å². The van der Waals surface area contributed by atoms with Crippen LogP contribution in [0.1, 0.15) is 0 Å². The zero-order chi connectivity index (χ0) is 10.3. The molecule has 3 heteroatoms. The van der Waals surface area contributed by atoms with E-state index < -0.39 is 0 Å². The molecule has 1 N–H and O–H groups in total. The summed E-state index contributed by atoms with van der Waals surface area (Å²) in [5, 5.41) is 2.56. The fourth-order valence-electron chi connectivity index (χ4n) is 0.727. The molecule has 0 aromatic rings. The van der Waals surface area contributed by atoms with Gasteiger partial charge in [0.15, 0.2) is 0 Å². The molecule has 0 saturated heterocycles. The summed E-state index contributed by atoms with van der Waals surface area (Å²) in [5.41, 5.74) is 0.499. The van der Waals surface area contributed by atoms with E-state index in [9.17, 15) is 4.79 Å². The van der Waals surface area contributed by atoms with Crippen LogP contribution in [-0.4, -0.2) is 30.9 Å². The number of terminal acetylenes is 1. The van der Waals surface area contributed by atoms with E-state index in [4.69, 9.17) is 6.42 Å². The number of carbonyl (C=O) groups is 1. The molecule has 3 nitrogen and oxygen atoms in total. The maximum absolute atomic E-state index is 11.2. The van der Waals surface area contributed by atoms with Crippen molar-refractivity contribution in [2.75, 3.05) is 20.1 Å². The zero-order valence-corrected chi connectivity index (χ0v) is 7.84. The molecule has 0 atom stereocenters. The predicted octanol–water partition coefficient (Wildman–Crippen LogP) is 0.367. The number of amides is 1. The first-order valence-corrected chi connectivity index (χ1v) is 3.83. The van der Waals surface area contributed by atoms with Crippen LogP contribution in [0, 0.1) is 12.3 Å². The van der Waals surface area contributed by atoms with Gasteiger partial charge in [0.2, 0.25) is 5.91 Å². The molecule has 0 radical (unpaired) electrons. The zero-order valence-electron chi connectivity index (χ0n) is 7.84. The quantitative estimate of drug-likeness (QED) is 0.487. The van der Waals surface area contributed by atoms with Crippen molar-refractivity contribution in [3.63, 3.8) is 0 Å². The summed E-state index contributed by atoms with van der Waals surface area (Å²) in [6.45, 7) is 7.74. The van der Waals surface area contributed by atoms with Crippen molar-refractivity contribution >= 4 is 5.91 Å². The second-order valence-corrected chi connectivity index (χ2v) is 2.65. The van der Waals surface area contributed by atoms with Crippen LogP contribution in [0.5, 0.6) is 0 Å². The molecule has 0 aromatic carbocycles. The fourth-order valence-corrected chi connectivity index (χ4v) is 0.727. The molecule has 0 rings (SSSR count). The molecule has 0 heterocycles. The van der Waals surface area contributed by atoms with Gasteiger partial charge in [-0.25, -0.2) is 0 Å². The second kappa shape index (κ2) is 6.04. The van der Waals surface area contributed by atoms with Crippen LogP contribution in [-0.2, 0) is 4.79 Å². The minimum atomic E-state index is -0.136. The van der Waals surface area contributed by atoms with E-state index in [0.29, 0.717) is 12.2 Å². The number of rotatable bonds is 5. The lowest BCUT2D eigenvalue weighted by Gasteiger charge is -2.12. The van der Waals surface area contributed by atoms with Gasteiger partial charge in [0.05, 0.1) is 13.1 Å². The van der Waals surface area contributed by atoms with E-state index in [1.54, 1.807) is 11.9 Å². The number of hydrogen-bond acceptors (Lipinski definition) is 2. The Morgan fingerprint density at radius 1 is 1.77 bits per heavy atom. The van der Waals surface area contributed by atoms with Crippen LogP contribution in [0.25, 0.3) is 0 Å². The standard InChI is InChI=1S/C10H14N2O/c1-5-7-12(4)8-10(13)11-9(3)6-2/h1,6H,2-3,7-8H2,4H3,(H,11,13). The van der Waals surface area contributed by atoms with Gasteiger partial charge in [0.1, 0.15) is 0 Å². The van der Waals surface area contributed by atoms with E-state index in [-0.39, 0.29) is 12.5 Å². The molecule has 0 aliphatic rings. The summed E-state index contributed by atoms with van der Waals surface area (Å²) < 4.78 is 0. The molecule has 1 amide bonds. The lowest BCUT2D eigenvalue weighted by Crippen LogP contribution is -2.34. The largest absolute Gasteiger partial charge is 0.326 e. The number of likely N-dealkylation sites (N-methyl/N-ethyl adjacent to an activating group) is 1. The Morgan fingerprint density at radius 2 is 2.38 bits per heavy atom. The average molecular weight is 178 g/mol. The van der Waals surface area contributed by atoms with Gasteiger partial charge in [0.25, 0.3) is 0 Å². The Balaban J connectivity index is 3.81. The average Bonchev–Trinajstić information content (AvgIpc) is 2.04. The summed E-state index contributed by atoms with van der Waals surface area (Å²) in [6.07, 6.45) is 6.56. The number of carbonyl (C=O) groups excluding carboxylic acids is 1. The van der Waals surface area contributed by atoms with Gasteiger partial charge in [-0.05, 0) is 13.1 Å². The van der Waals surface area contributed by atoms with Crippen molar-refractivity contribution in [3.05, 3.63) is 24.9 Å². The number of allylic oxidation sites excluding steroid dienone is 1. The van der Waals surface area contributed by atoms with Gasteiger partial charge in [-0.15, -0.1) is 6.42 Å². The number of hydrogen-bond donors (Lipinski definition) is 1. The summed E-state index contributed by atoms with van der Waals surface area (Å²) in [5.74, 6) is 2.31. The Morgan fingerprint density at radius 3 is 2.85 bits per heavy atom. The highest BCUT2D eigenvalue weighted by Crippen LogP contribution is 1.86. The van der Waals surface area contributed by atoms with Gasteiger partial charge in [-0.3, -0.25) is 9.69 Å². The van der Waals surface area contributed by atoms with Crippen LogP contribution in [0.15, 0.2) is 24.9 Å². The first-order chi connectivity index (χ1) is 6.10. The van der Waals surface area contributed by atoms with Crippen LogP contribution in [0.3, 0.4) is 0 Å². The summed E-state index contributed by atoms with van der Waals surface area (Å²) >= 11 is 0. The molecule has 70 valence electrons. The first-order valence-electron chi connectivity index (χ1n) is 3.83. The van der Waals surface area contributed by atoms with E-state index in [1.165, 1.54) is 6.08 Å². The molecule has 0 unspecified atom stereocenters. The monoisotopic (exact) mass is 178 g/mol. The molecule has 0 aliphatic heterocycles. The van der Waals surface area contributed by atoms with Gasteiger partial charge in [-0.2, -0.15) is 0 Å². The van der Waals surface area contributed by atoms with Crippen molar-refractivity contribution in [2.24, 2.45) is 0 Å². The van der Waals surface area contributed by atoms with Gasteiger partial charge in [-0.1, -0.05) is 19.1 Å². The highest BCUT2D eigenvalue weighted by molar-refractivity contribution is 5.80. The van der Waals surface area contributed by atoms with Gasteiger partial charge in [0, 0.05) is 5.70 Å². The maximum Gasteiger partial charge on any atom is 0.238 e. The molecule has 0 aromatic heterocycles. The highest BCUT2D eigenvalue weighted by atomic mass is 16.2. The molecule has 13 heavy (non-hydrogen) atoms. The Kier molecular flexibility index (Phi) is 5.33. The summed E-state index contributed by atoms with van der Waals surface area (Å²) in [4.78, 5) is 12.9. The number of nitrogens with zero attached hydrogens (tertiary/aromatic N) is 1. The van der Waals surface area contributed by atoms with Crippen molar-refractivity contribution in [2.45, 2.75) is 0 Å². The van der Waals surface area contributed by atoms with Crippen LogP contribution in [0.4, 0.5) is 0 Å². The van der Waals surface area contributed by atoms with Crippen molar-refractivity contribution in [3.8, 4) is 12.3 Å². The molecular formula is C10H14N2O. The van der Waals surface area contributed by atoms with Crippen LogP contribution >= 0.6 is 0 Å². The molecule has 0 fully saturated rings. The maximum atomic E-state index is 11.2. The van der Waals surface area contributed by atoms with E-state index in [0.717, 1.165) is 0 Å². The lowest BCUT2D eigenvalue weighted by atomic mass is 10.4. The minimum absolute atomic E-state index is 0.136. The Labute approximate surface area is 79.1 Å². The van der Waals surface area contributed by atoms with Crippen LogP contribution in [0.2, 0.25) is 0 Å². The van der Waals surface area contributed by atoms with Crippen LogP contribution < -0.4 is 5.32 Å². The third kappa shape index (κ3) is 5.71. The predicted molar refractivity (Wildman–Crippen MR) is 53.8 cm³/mol. The van der Waals surface area contributed by atoms with E-state index in [1.807, 2.05) is 0 Å². The first kappa shape index (κ1) is 11.5. The SMILES string of the molecule is C#CCN(C)CC(=O)NC(=C)C=C. The smallest absolute Gasteiger partial charge is 0.238 e. The molecule has 0 spiro atoms. The Hall–Kier alpha value is -1.53. The van der Waals surface area contributed by atoms with Crippen molar-refractivity contribution < 1.29 is 4.79 Å². The number of nitrogens with one attached hydrogen (secondary N) is 1. The summed E-state index contributed by atoms with van der Waals surface area (Å²) in [6, 6.07) is 0. The third-order valence-corrected chi connectivity index (χ3v) is 1.32. The highest BCUT2D eigenvalue weighted by Gasteiger charge is 2.04. The summed E-state index contributed by atoms with van der Waals surface area (Å²) in [7, 11) is 1.77. The van der Waals surface area contributed by atoms with Crippen molar-refractivity contribution in [1.82, 2.24) is 10.2 Å². The van der Waals surface area contributed by atoms with Crippen molar-refractivity contribution in [1.29, 1.82) is 0 Å². The molecule has 0 aliphatic carbocycles. The third-order valence-electron chi connectivity index (χ3n) is 1.32. The Bertz CT molecular complexity index is 250. The molecule has 0 bridgehead atoms. The van der Waals surface area contributed by atoms with Gasteiger partial charge >= 0.3 is 0 Å². The molecular weight excluding hydrogens is 164 g/mol. The molecule has 0 saturated carbocycles. The van der Waals surface area contributed by atoms with Gasteiger partial charge < -0.3 is 5.32 Å². The second-order valence-electron chi connectivity index (χ2n) is 2.65. The minimum Gasteiger partial charge on any atom is -0.326 e.